The number of carbonyl (C=O) groups excluding carboxylic acids is 2. The summed E-state index contributed by atoms with van der Waals surface area (Å²) in [4.78, 5) is 33.8. The summed E-state index contributed by atoms with van der Waals surface area (Å²) in [5.41, 5.74) is 5.31. The molecule has 2 saturated carbocycles. The number of methoxy groups -OCH3 is 1. The standard InChI is InChI=1S/C40H53N5O5S/c1-25(2)18-29-22-43-17-9-12-28(43)23-44(29)39(47)40-21-34(40)33-20-30(50-5)14-16-31(33)37-36(26-10-7-6-8-11-26)32-15-13-27(19-35(32)45(37)24-40)38(46)41-51(48,49)42(3)4/h13-16,19-20,25-26,28-29,34H,6-12,17-18,21-24H2,1-5H3,(H,41,46)/t28-,29-,34?,40?/m0/s1. The number of rotatable bonds is 8. The molecule has 3 aromatic rings. The predicted molar refractivity (Wildman–Crippen MR) is 199 cm³/mol. The molecule has 2 aromatic carbocycles. The zero-order chi connectivity index (χ0) is 35.8. The highest BCUT2D eigenvalue weighted by molar-refractivity contribution is 7.87. The Bertz CT molecular complexity index is 1980. The second-order valence-corrected chi connectivity index (χ2v) is 18.4. The highest BCUT2D eigenvalue weighted by atomic mass is 32.2. The summed E-state index contributed by atoms with van der Waals surface area (Å²) in [5, 5.41) is 1.09. The van der Waals surface area contributed by atoms with E-state index in [0.717, 1.165) is 84.0 Å². The van der Waals surface area contributed by atoms with Gasteiger partial charge >= 0.3 is 10.2 Å². The van der Waals surface area contributed by atoms with E-state index in [-0.39, 0.29) is 23.4 Å². The molecule has 10 nitrogen and oxygen atoms in total. The van der Waals surface area contributed by atoms with E-state index >= 15 is 4.79 Å². The number of carbonyl (C=O) groups is 2. The van der Waals surface area contributed by atoms with Crippen molar-refractivity contribution < 1.29 is 22.7 Å². The first-order valence-corrected chi connectivity index (χ1v) is 20.5. The maximum atomic E-state index is 15.4. The van der Waals surface area contributed by atoms with Crippen LogP contribution in [0.15, 0.2) is 36.4 Å². The monoisotopic (exact) mass is 715 g/mol. The van der Waals surface area contributed by atoms with Crippen LogP contribution in [0.4, 0.5) is 0 Å². The van der Waals surface area contributed by atoms with E-state index < -0.39 is 21.5 Å². The van der Waals surface area contributed by atoms with Gasteiger partial charge in [0.15, 0.2) is 0 Å². The molecule has 2 saturated heterocycles. The smallest absolute Gasteiger partial charge is 0.303 e. The molecule has 5 aliphatic rings. The Labute approximate surface area is 302 Å². The van der Waals surface area contributed by atoms with E-state index in [1.807, 2.05) is 18.2 Å². The molecule has 4 fully saturated rings. The SMILES string of the molecule is COc1ccc2c(c1)C1CC1(C(=O)N1C[C@@H]3CCCN3C[C@@H]1CC(C)C)Cn1c-2c(C2CCCCC2)c2ccc(C(=O)NS(=O)(=O)N(C)C)cc21. The average molecular weight is 716 g/mol. The number of hydrogen-bond acceptors (Lipinski definition) is 6. The third-order valence-corrected chi connectivity index (χ3v) is 14.1. The molecule has 4 atom stereocenters. The predicted octanol–water partition coefficient (Wildman–Crippen LogP) is 6.11. The first-order chi connectivity index (χ1) is 24.4. The number of nitrogens with zero attached hydrogens (tertiary/aromatic N) is 4. The minimum atomic E-state index is -3.98. The third kappa shape index (κ3) is 5.87. The van der Waals surface area contributed by atoms with Gasteiger partial charge in [-0.15, -0.1) is 0 Å². The molecule has 0 bridgehead atoms. The molecule has 51 heavy (non-hydrogen) atoms. The van der Waals surface area contributed by atoms with E-state index in [2.05, 4.69) is 45.1 Å². The number of aromatic nitrogens is 1. The molecule has 2 aliphatic carbocycles. The summed E-state index contributed by atoms with van der Waals surface area (Å²) in [6, 6.07) is 12.6. The Morgan fingerprint density at radius 3 is 2.53 bits per heavy atom. The highest BCUT2D eigenvalue weighted by Gasteiger charge is 2.64. The first-order valence-electron chi connectivity index (χ1n) is 19.1. The van der Waals surface area contributed by atoms with Crippen molar-refractivity contribution in [3.63, 3.8) is 0 Å². The topological polar surface area (TPSA) is 104 Å². The zero-order valence-electron chi connectivity index (χ0n) is 30.8. The lowest BCUT2D eigenvalue weighted by Crippen LogP contribution is -2.60. The Morgan fingerprint density at radius 1 is 1.02 bits per heavy atom. The summed E-state index contributed by atoms with van der Waals surface area (Å²) in [6.07, 6.45) is 9.84. The van der Waals surface area contributed by atoms with Gasteiger partial charge in [-0.3, -0.25) is 14.5 Å². The van der Waals surface area contributed by atoms with Crippen LogP contribution in [0.5, 0.6) is 5.75 Å². The lowest BCUT2D eigenvalue weighted by atomic mass is 9.81. The van der Waals surface area contributed by atoms with Gasteiger partial charge in [0.05, 0.1) is 18.2 Å². The maximum Gasteiger partial charge on any atom is 0.303 e. The molecule has 1 N–H and O–H groups in total. The molecule has 0 spiro atoms. The lowest BCUT2D eigenvalue weighted by molar-refractivity contribution is -0.144. The molecule has 2 unspecified atom stereocenters. The number of ether oxygens (including phenoxy) is 1. The molecule has 3 aliphatic heterocycles. The van der Waals surface area contributed by atoms with Crippen LogP contribution in [-0.4, -0.2) is 91.8 Å². The Kier molecular flexibility index (Phi) is 8.78. The van der Waals surface area contributed by atoms with E-state index in [9.17, 15) is 13.2 Å². The number of benzene rings is 2. The van der Waals surface area contributed by atoms with Crippen molar-refractivity contribution in [2.75, 3.05) is 40.8 Å². The summed E-state index contributed by atoms with van der Waals surface area (Å²) < 4.78 is 36.7. The summed E-state index contributed by atoms with van der Waals surface area (Å²) in [6.45, 7) is 7.88. The second kappa shape index (κ2) is 12.9. The molecule has 274 valence electrons. The maximum absolute atomic E-state index is 15.4. The van der Waals surface area contributed by atoms with Gasteiger partial charge in [0.25, 0.3) is 5.91 Å². The number of fused-ring (bicyclic) bond motifs is 8. The number of amides is 2. The van der Waals surface area contributed by atoms with Crippen LogP contribution >= 0.6 is 0 Å². The highest BCUT2D eigenvalue weighted by Crippen LogP contribution is 2.66. The largest absolute Gasteiger partial charge is 0.497 e. The molecular weight excluding hydrogens is 663 g/mol. The molecule has 1 aromatic heterocycles. The van der Waals surface area contributed by atoms with Crippen molar-refractivity contribution in [3.8, 4) is 17.0 Å². The second-order valence-electron chi connectivity index (χ2n) is 16.5. The average Bonchev–Trinajstić information content (AvgIpc) is 3.55. The molecule has 11 heteroatoms. The van der Waals surface area contributed by atoms with E-state index in [4.69, 9.17) is 4.74 Å². The van der Waals surface area contributed by atoms with Gasteiger partial charge in [-0.2, -0.15) is 12.7 Å². The van der Waals surface area contributed by atoms with Crippen LogP contribution in [0.1, 0.15) is 105 Å². The summed E-state index contributed by atoms with van der Waals surface area (Å²) in [7, 11) is 0.525. The fraction of sp³-hybridized carbons (Fsp3) is 0.600. The van der Waals surface area contributed by atoms with Gasteiger partial charge in [-0.25, -0.2) is 4.72 Å². The molecule has 8 rings (SSSR count). The van der Waals surface area contributed by atoms with Gasteiger partial charge in [-0.1, -0.05) is 39.2 Å². The van der Waals surface area contributed by atoms with Crippen LogP contribution < -0.4 is 9.46 Å². The fourth-order valence-corrected chi connectivity index (χ4v) is 10.6. The third-order valence-electron chi connectivity index (χ3n) is 12.7. The van der Waals surface area contributed by atoms with Crippen molar-refractivity contribution >= 4 is 32.9 Å². The summed E-state index contributed by atoms with van der Waals surface area (Å²) in [5.74, 6) is 1.29. The van der Waals surface area contributed by atoms with Crippen LogP contribution in [-0.2, 0) is 21.5 Å². The van der Waals surface area contributed by atoms with Crippen LogP contribution in [0, 0.1) is 11.3 Å². The quantitative estimate of drug-likeness (QED) is 0.302. The van der Waals surface area contributed by atoms with Crippen molar-refractivity contribution in [1.82, 2.24) is 23.4 Å². The van der Waals surface area contributed by atoms with E-state index in [1.54, 1.807) is 13.2 Å². The lowest BCUT2D eigenvalue weighted by Gasteiger charge is -2.46. The van der Waals surface area contributed by atoms with Crippen LogP contribution in [0.25, 0.3) is 22.2 Å². The van der Waals surface area contributed by atoms with Gasteiger partial charge in [0.1, 0.15) is 5.75 Å². The van der Waals surface area contributed by atoms with Crippen molar-refractivity contribution in [1.29, 1.82) is 0 Å². The molecular formula is C40H53N5O5S. The van der Waals surface area contributed by atoms with E-state index in [0.29, 0.717) is 24.4 Å². The van der Waals surface area contributed by atoms with Crippen molar-refractivity contribution in [3.05, 3.63) is 53.1 Å². The first kappa shape index (κ1) is 34.7. The van der Waals surface area contributed by atoms with Gasteiger partial charge in [0, 0.05) is 73.8 Å². The van der Waals surface area contributed by atoms with Gasteiger partial charge in [0.2, 0.25) is 5.91 Å². The normalized spacial score (nSPS) is 26.4. The van der Waals surface area contributed by atoms with E-state index in [1.165, 1.54) is 50.9 Å². The minimum Gasteiger partial charge on any atom is -0.497 e. The number of nitrogens with one attached hydrogen (secondary N) is 1. The van der Waals surface area contributed by atoms with Crippen molar-refractivity contribution in [2.45, 2.75) is 102 Å². The summed E-state index contributed by atoms with van der Waals surface area (Å²) >= 11 is 0. The van der Waals surface area contributed by atoms with Gasteiger partial charge in [-0.05, 0) is 98.4 Å². The van der Waals surface area contributed by atoms with Gasteiger partial charge < -0.3 is 14.2 Å². The Hall–Kier alpha value is -3.41. The van der Waals surface area contributed by atoms with Crippen LogP contribution in [0.2, 0.25) is 0 Å². The van der Waals surface area contributed by atoms with Crippen LogP contribution in [0.3, 0.4) is 0 Å². The zero-order valence-corrected chi connectivity index (χ0v) is 31.6. The van der Waals surface area contributed by atoms with Crippen molar-refractivity contribution in [2.24, 2.45) is 11.3 Å². The fourth-order valence-electron chi connectivity index (χ4n) is 10.1. The minimum absolute atomic E-state index is 0.0577. The molecule has 4 heterocycles. The Morgan fingerprint density at radius 2 is 1.80 bits per heavy atom. The molecule has 2 amide bonds. The number of hydrogen-bond donors (Lipinski definition) is 1. The Balaban J connectivity index is 1.30. The number of piperazine rings is 1. The molecule has 0 radical (unpaired) electrons.